The van der Waals surface area contributed by atoms with Gasteiger partial charge in [-0.15, -0.1) is 5.10 Å². The Kier molecular flexibility index (Phi) is 7.64. The Balaban J connectivity index is 1.35. The van der Waals surface area contributed by atoms with Crippen molar-refractivity contribution in [2.24, 2.45) is 13.0 Å². The van der Waals surface area contributed by atoms with Gasteiger partial charge >= 0.3 is 12.4 Å². The van der Waals surface area contributed by atoms with Crippen LogP contribution in [0.1, 0.15) is 40.7 Å². The van der Waals surface area contributed by atoms with Crippen LogP contribution in [-0.4, -0.2) is 43.3 Å². The number of alkyl halides is 6. The molecule has 1 saturated heterocycles. The smallest absolute Gasteiger partial charge is 0.380 e. The summed E-state index contributed by atoms with van der Waals surface area (Å²) in [6, 6.07) is 16.2. The second-order valence-corrected chi connectivity index (χ2v) is 10.3. The maximum atomic E-state index is 13.2. The van der Waals surface area contributed by atoms with Crippen LogP contribution < -0.4 is 0 Å². The molecule has 41 heavy (non-hydrogen) atoms. The van der Waals surface area contributed by atoms with E-state index in [1.54, 1.807) is 11.7 Å². The fourth-order valence-electron chi connectivity index (χ4n) is 5.46. The Morgan fingerprint density at radius 3 is 1.61 bits per heavy atom. The minimum absolute atomic E-state index is 0.206. The van der Waals surface area contributed by atoms with Crippen molar-refractivity contribution in [2.75, 3.05) is 13.1 Å². The molecule has 216 valence electrons. The number of hydrogen-bond acceptors (Lipinski definition) is 5. The van der Waals surface area contributed by atoms with Gasteiger partial charge in [0.05, 0.1) is 11.1 Å². The molecule has 2 heterocycles. The fraction of sp³-hybridized carbons (Fsp3) is 0.345. The highest BCUT2D eigenvalue weighted by Gasteiger charge is 2.43. The standard InChI is InChI=1S/C29H27F6N5O/c1-39-26(36-37-38-39)20-4-2-19(3-5-20)18-40-16-14-23(15-17-40)27(41,21-6-10-24(11-7-21)28(30,31)32)22-8-12-25(13-9-22)29(33,34)35/h2-13,23,41H,14-18H2,1H3. The number of benzene rings is 3. The molecule has 0 amide bonds. The van der Waals surface area contributed by atoms with Crippen LogP contribution in [0.25, 0.3) is 11.4 Å². The Morgan fingerprint density at radius 1 is 0.732 bits per heavy atom. The molecule has 1 aliphatic heterocycles. The van der Waals surface area contributed by atoms with Gasteiger partial charge in [0.1, 0.15) is 5.60 Å². The predicted molar refractivity (Wildman–Crippen MR) is 138 cm³/mol. The Hall–Kier alpha value is -3.77. The van der Waals surface area contributed by atoms with E-state index in [0.29, 0.717) is 38.3 Å². The van der Waals surface area contributed by atoms with E-state index in [1.165, 1.54) is 24.3 Å². The monoisotopic (exact) mass is 575 g/mol. The third kappa shape index (κ3) is 5.98. The number of hydrogen-bond donors (Lipinski definition) is 1. The normalized spacial score (nSPS) is 15.8. The van der Waals surface area contributed by atoms with Gasteiger partial charge in [0.15, 0.2) is 5.82 Å². The van der Waals surface area contributed by atoms with Crippen LogP contribution in [0.15, 0.2) is 72.8 Å². The van der Waals surface area contributed by atoms with Crippen LogP contribution in [0.3, 0.4) is 0 Å². The first-order chi connectivity index (χ1) is 19.4. The summed E-state index contributed by atoms with van der Waals surface area (Å²) in [6.45, 7) is 1.81. The summed E-state index contributed by atoms with van der Waals surface area (Å²) < 4.78 is 80.8. The molecule has 6 nitrogen and oxygen atoms in total. The number of likely N-dealkylation sites (tertiary alicyclic amines) is 1. The summed E-state index contributed by atoms with van der Waals surface area (Å²) >= 11 is 0. The van der Waals surface area contributed by atoms with Gasteiger partial charge in [0.25, 0.3) is 0 Å². The van der Waals surface area contributed by atoms with Crippen LogP contribution >= 0.6 is 0 Å². The number of aliphatic hydroxyl groups is 1. The third-order valence-corrected chi connectivity index (χ3v) is 7.72. The van der Waals surface area contributed by atoms with Gasteiger partial charge in [-0.2, -0.15) is 26.3 Å². The van der Waals surface area contributed by atoms with Gasteiger partial charge in [-0.25, -0.2) is 4.68 Å². The van der Waals surface area contributed by atoms with Gasteiger partial charge in [0, 0.05) is 19.2 Å². The van der Waals surface area contributed by atoms with Crippen LogP contribution in [0.4, 0.5) is 26.3 Å². The summed E-state index contributed by atoms with van der Waals surface area (Å²) in [4.78, 5) is 2.20. The molecule has 1 fully saturated rings. The van der Waals surface area contributed by atoms with Gasteiger partial charge in [-0.3, -0.25) is 4.90 Å². The summed E-state index contributed by atoms with van der Waals surface area (Å²) in [5, 5.41) is 23.6. The Morgan fingerprint density at radius 2 is 1.20 bits per heavy atom. The van der Waals surface area contributed by atoms with Gasteiger partial charge in [-0.1, -0.05) is 48.5 Å². The van der Waals surface area contributed by atoms with Crippen molar-refractivity contribution >= 4 is 0 Å². The van der Waals surface area contributed by atoms with Gasteiger partial charge < -0.3 is 5.11 Å². The lowest BCUT2D eigenvalue weighted by Crippen LogP contribution is -2.44. The van der Waals surface area contributed by atoms with Crippen molar-refractivity contribution in [2.45, 2.75) is 37.3 Å². The minimum Gasteiger partial charge on any atom is -0.380 e. The maximum absolute atomic E-state index is 13.2. The molecule has 12 heteroatoms. The van der Waals surface area contributed by atoms with E-state index in [4.69, 9.17) is 0 Å². The van der Waals surface area contributed by atoms with E-state index in [-0.39, 0.29) is 11.1 Å². The van der Waals surface area contributed by atoms with E-state index < -0.39 is 35.0 Å². The highest BCUT2D eigenvalue weighted by atomic mass is 19.4. The third-order valence-electron chi connectivity index (χ3n) is 7.72. The zero-order valence-electron chi connectivity index (χ0n) is 22.0. The number of piperidine rings is 1. The van der Waals surface area contributed by atoms with Crippen molar-refractivity contribution in [1.29, 1.82) is 0 Å². The highest BCUT2D eigenvalue weighted by Crippen LogP contribution is 2.44. The van der Waals surface area contributed by atoms with E-state index >= 15 is 0 Å². The van der Waals surface area contributed by atoms with Crippen molar-refractivity contribution in [1.82, 2.24) is 25.1 Å². The molecule has 0 aliphatic carbocycles. The van der Waals surface area contributed by atoms with Crippen molar-refractivity contribution in [3.05, 3.63) is 101 Å². The fourth-order valence-corrected chi connectivity index (χ4v) is 5.46. The predicted octanol–water partition coefficient (Wildman–Crippen LogP) is 6.06. The SMILES string of the molecule is Cn1nnnc1-c1ccc(CN2CCC(C(O)(c3ccc(C(F)(F)F)cc3)c3ccc(C(F)(F)F)cc3)CC2)cc1. The molecule has 0 saturated carbocycles. The topological polar surface area (TPSA) is 67.1 Å². The van der Waals surface area contributed by atoms with Crippen LogP contribution in [0.5, 0.6) is 0 Å². The lowest BCUT2D eigenvalue weighted by atomic mass is 9.71. The number of rotatable bonds is 6. The van der Waals surface area contributed by atoms with E-state index in [9.17, 15) is 31.4 Å². The van der Waals surface area contributed by atoms with Crippen molar-refractivity contribution in [3.63, 3.8) is 0 Å². The molecule has 3 aromatic carbocycles. The molecule has 1 aromatic heterocycles. The average molecular weight is 576 g/mol. The van der Waals surface area contributed by atoms with Crippen LogP contribution in [-0.2, 0) is 31.5 Å². The first-order valence-electron chi connectivity index (χ1n) is 13.0. The minimum atomic E-state index is -4.56. The molecular weight excluding hydrogens is 548 g/mol. The molecule has 0 spiro atoms. The largest absolute Gasteiger partial charge is 0.416 e. The number of aryl methyl sites for hydroxylation is 1. The maximum Gasteiger partial charge on any atom is 0.416 e. The zero-order chi connectivity index (χ0) is 29.4. The molecule has 5 rings (SSSR count). The lowest BCUT2D eigenvalue weighted by Gasteiger charge is -2.42. The number of nitrogens with zero attached hydrogens (tertiary/aromatic N) is 5. The quantitative estimate of drug-likeness (QED) is 0.283. The Labute approximate surface area is 232 Å². The highest BCUT2D eigenvalue weighted by molar-refractivity contribution is 5.54. The number of aromatic nitrogens is 4. The molecule has 0 unspecified atom stereocenters. The summed E-state index contributed by atoms with van der Waals surface area (Å²) in [5.41, 5.74) is -1.16. The van der Waals surface area contributed by atoms with Crippen molar-refractivity contribution in [3.8, 4) is 11.4 Å². The van der Waals surface area contributed by atoms with E-state index in [1.807, 2.05) is 24.3 Å². The first-order valence-corrected chi connectivity index (χ1v) is 13.0. The Bertz CT molecular complexity index is 1400. The molecular formula is C29H27F6N5O. The molecule has 1 N–H and O–H groups in total. The first kappa shape index (κ1) is 28.7. The average Bonchev–Trinajstić information content (AvgIpc) is 3.38. The second kappa shape index (κ2) is 10.9. The summed E-state index contributed by atoms with van der Waals surface area (Å²) in [5.74, 6) is 0.209. The van der Waals surface area contributed by atoms with Crippen molar-refractivity contribution < 1.29 is 31.4 Å². The summed E-state index contributed by atoms with van der Waals surface area (Å²) in [7, 11) is 1.75. The van der Waals surface area contributed by atoms with Gasteiger partial charge in [0.2, 0.25) is 0 Å². The zero-order valence-corrected chi connectivity index (χ0v) is 22.0. The van der Waals surface area contributed by atoms with Crippen LogP contribution in [0.2, 0.25) is 0 Å². The van der Waals surface area contributed by atoms with E-state index in [0.717, 1.165) is 35.4 Å². The second-order valence-electron chi connectivity index (χ2n) is 10.3. The van der Waals surface area contributed by atoms with Gasteiger partial charge in [-0.05, 0) is 83.2 Å². The summed E-state index contributed by atoms with van der Waals surface area (Å²) in [6.07, 6.45) is -8.14. The molecule has 1 aliphatic rings. The molecule has 0 radical (unpaired) electrons. The molecule has 0 atom stereocenters. The van der Waals surface area contributed by atoms with Crippen LogP contribution in [0, 0.1) is 5.92 Å². The number of tetrazole rings is 1. The number of halogens is 6. The van der Waals surface area contributed by atoms with E-state index in [2.05, 4.69) is 20.4 Å². The molecule has 0 bridgehead atoms. The lowest BCUT2D eigenvalue weighted by molar-refractivity contribution is -0.138. The molecule has 4 aromatic rings.